The van der Waals surface area contributed by atoms with Crippen LogP contribution in [0, 0.1) is 49.9 Å². The van der Waals surface area contributed by atoms with E-state index < -0.39 is 5.54 Å². The smallest absolute Gasteiger partial charge is 0.354 e. The SMILES string of the molecule is COC(=O)c1[nH]c(/C=c2/[nH]/c(=C\C3=NC(=C\C4=NC(C)(C#N)C(C)(C)C4)/C(C)(C)C3)c(C)c2C)c(C)c1C. The van der Waals surface area contributed by atoms with Crippen molar-refractivity contribution in [3.8, 4) is 6.07 Å². The standard InChI is InChI=1S/C31H39N5O2/c1-17-18(2)24(13-25-19(3)20(4)27(35-25)28(37)38-10)34-23(17)11-21-14-29(5,6)26(33-21)12-22-15-30(7,8)31(9,16-32)36-22/h11-13,34-35H,14-15H2,1-10H3/b23-11-,24-13+,26-12-. The van der Waals surface area contributed by atoms with Gasteiger partial charge in [0.1, 0.15) is 11.2 Å². The van der Waals surface area contributed by atoms with Crippen LogP contribution in [0.2, 0.25) is 0 Å². The third kappa shape index (κ3) is 4.57. The zero-order chi connectivity index (χ0) is 28.2. The molecule has 7 nitrogen and oxygen atoms in total. The van der Waals surface area contributed by atoms with E-state index in [0.29, 0.717) is 5.69 Å². The first kappa shape index (κ1) is 27.4. The summed E-state index contributed by atoms with van der Waals surface area (Å²) >= 11 is 0. The molecule has 0 bridgehead atoms. The zero-order valence-electron chi connectivity index (χ0n) is 24.3. The summed E-state index contributed by atoms with van der Waals surface area (Å²) in [5.74, 6) is -0.367. The summed E-state index contributed by atoms with van der Waals surface area (Å²) < 4.78 is 4.91. The highest BCUT2D eigenvalue weighted by Crippen LogP contribution is 2.44. The largest absolute Gasteiger partial charge is 0.464 e. The van der Waals surface area contributed by atoms with Crippen LogP contribution in [0.3, 0.4) is 0 Å². The van der Waals surface area contributed by atoms with Gasteiger partial charge < -0.3 is 14.7 Å². The Morgan fingerprint density at radius 1 is 0.895 bits per heavy atom. The Kier molecular flexibility index (Phi) is 6.68. The molecule has 7 heteroatoms. The van der Waals surface area contributed by atoms with Gasteiger partial charge in [-0.15, -0.1) is 0 Å². The van der Waals surface area contributed by atoms with E-state index >= 15 is 0 Å². The number of aromatic nitrogens is 2. The predicted molar refractivity (Wildman–Crippen MR) is 153 cm³/mol. The van der Waals surface area contributed by atoms with Crippen LogP contribution in [-0.2, 0) is 4.74 Å². The van der Waals surface area contributed by atoms with Crippen molar-refractivity contribution in [3.63, 3.8) is 0 Å². The van der Waals surface area contributed by atoms with Gasteiger partial charge in [-0.3, -0.25) is 9.98 Å². The van der Waals surface area contributed by atoms with Crippen LogP contribution in [0.25, 0.3) is 12.2 Å². The van der Waals surface area contributed by atoms with Gasteiger partial charge in [-0.1, -0.05) is 27.7 Å². The van der Waals surface area contributed by atoms with Crippen LogP contribution in [0.4, 0.5) is 0 Å². The van der Waals surface area contributed by atoms with Crippen molar-refractivity contribution in [2.24, 2.45) is 20.8 Å². The Balaban J connectivity index is 1.73. The second kappa shape index (κ2) is 9.27. The van der Waals surface area contributed by atoms with E-state index in [4.69, 9.17) is 14.7 Å². The summed E-state index contributed by atoms with van der Waals surface area (Å²) in [7, 11) is 1.39. The highest BCUT2D eigenvalue weighted by molar-refractivity contribution is 6.13. The molecule has 0 radical (unpaired) electrons. The molecule has 2 aliphatic rings. The van der Waals surface area contributed by atoms with Crippen molar-refractivity contribution < 1.29 is 9.53 Å². The van der Waals surface area contributed by atoms with Crippen LogP contribution in [0.1, 0.15) is 85.9 Å². The minimum absolute atomic E-state index is 0.127. The first-order valence-corrected chi connectivity index (χ1v) is 13.1. The Morgan fingerprint density at radius 2 is 1.53 bits per heavy atom. The highest BCUT2D eigenvalue weighted by Gasteiger charge is 2.47. The van der Waals surface area contributed by atoms with Gasteiger partial charge in [0.05, 0.1) is 13.2 Å². The van der Waals surface area contributed by atoms with Crippen LogP contribution < -0.4 is 10.7 Å². The maximum absolute atomic E-state index is 12.1. The number of nitrogens with zero attached hydrogens (tertiary/aromatic N) is 3. The summed E-state index contributed by atoms with van der Waals surface area (Å²) in [6.45, 7) is 18.7. The molecular formula is C31H39N5O2. The van der Waals surface area contributed by atoms with Gasteiger partial charge in [0, 0.05) is 50.8 Å². The van der Waals surface area contributed by atoms with Crippen LogP contribution in [-0.4, -0.2) is 40.0 Å². The molecule has 0 spiro atoms. The molecule has 2 aromatic heterocycles. The molecule has 200 valence electrons. The Labute approximate surface area is 225 Å². The Hall–Kier alpha value is -3.66. The van der Waals surface area contributed by atoms with E-state index in [1.165, 1.54) is 7.11 Å². The van der Waals surface area contributed by atoms with Crippen molar-refractivity contribution in [3.05, 3.63) is 56.1 Å². The van der Waals surface area contributed by atoms with Crippen molar-refractivity contribution in [1.29, 1.82) is 5.26 Å². The van der Waals surface area contributed by atoms with E-state index in [9.17, 15) is 10.1 Å². The minimum atomic E-state index is -0.722. The molecule has 2 N–H and O–H groups in total. The molecule has 0 aromatic carbocycles. The number of aliphatic imine (C=N–C) groups is 2. The number of rotatable bonds is 4. The first-order valence-electron chi connectivity index (χ1n) is 13.1. The second-order valence-electron chi connectivity index (χ2n) is 12.2. The van der Waals surface area contributed by atoms with Crippen molar-refractivity contribution in [1.82, 2.24) is 9.97 Å². The van der Waals surface area contributed by atoms with Crippen LogP contribution in [0.15, 0.2) is 21.8 Å². The molecule has 38 heavy (non-hydrogen) atoms. The first-order chi connectivity index (χ1) is 17.6. The number of hydrogen-bond acceptors (Lipinski definition) is 5. The molecule has 0 saturated heterocycles. The van der Waals surface area contributed by atoms with Crippen molar-refractivity contribution >= 4 is 29.5 Å². The third-order valence-corrected chi connectivity index (χ3v) is 8.64. The maximum Gasteiger partial charge on any atom is 0.354 e. The number of esters is 1. The quantitative estimate of drug-likeness (QED) is 0.569. The minimum Gasteiger partial charge on any atom is -0.464 e. The number of aromatic amines is 2. The van der Waals surface area contributed by atoms with Crippen molar-refractivity contribution in [2.75, 3.05) is 7.11 Å². The van der Waals surface area contributed by atoms with Gasteiger partial charge in [-0.2, -0.15) is 5.26 Å². The van der Waals surface area contributed by atoms with Gasteiger partial charge in [0.25, 0.3) is 0 Å². The normalized spacial score (nSPS) is 24.1. The fourth-order valence-electron chi connectivity index (χ4n) is 5.22. The number of H-pyrrole nitrogens is 2. The fraction of sp³-hybridized carbons (Fsp3) is 0.484. The van der Waals surface area contributed by atoms with Crippen LogP contribution in [0.5, 0.6) is 0 Å². The second-order valence-corrected chi connectivity index (χ2v) is 12.2. The molecule has 1 unspecified atom stereocenters. The molecule has 4 rings (SSSR count). The Bertz CT molecular complexity index is 1580. The fourth-order valence-corrected chi connectivity index (χ4v) is 5.22. The third-order valence-electron chi connectivity index (χ3n) is 8.64. The number of nitrogens with one attached hydrogen (secondary N) is 2. The lowest BCUT2D eigenvalue weighted by Crippen LogP contribution is -2.34. The van der Waals surface area contributed by atoms with E-state index in [1.54, 1.807) is 0 Å². The highest BCUT2D eigenvalue weighted by atomic mass is 16.5. The van der Waals surface area contributed by atoms with Gasteiger partial charge in [-0.25, -0.2) is 4.79 Å². The molecule has 4 heterocycles. The van der Waals surface area contributed by atoms with Gasteiger partial charge in [0.2, 0.25) is 0 Å². The topological polar surface area (TPSA) is 106 Å². The van der Waals surface area contributed by atoms with E-state index in [1.807, 2.05) is 26.8 Å². The van der Waals surface area contributed by atoms with Crippen molar-refractivity contribution in [2.45, 2.75) is 80.7 Å². The lowest BCUT2D eigenvalue weighted by atomic mass is 9.74. The van der Waals surface area contributed by atoms with Gasteiger partial charge in [-0.05, 0) is 81.5 Å². The average Bonchev–Trinajstić information content (AvgIpc) is 3.46. The summed E-state index contributed by atoms with van der Waals surface area (Å²) in [5.41, 5.74) is 7.48. The summed E-state index contributed by atoms with van der Waals surface area (Å²) in [6, 6.07) is 2.40. The summed E-state index contributed by atoms with van der Waals surface area (Å²) in [6.07, 6.45) is 7.85. The molecule has 1 atom stereocenters. The molecule has 0 fully saturated rings. The average molecular weight is 514 g/mol. The molecule has 2 aromatic rings. The molecule has 0 saturated carbocycles. The molecular weight excluding hydrogens is 474 g/mol. The van der Waals surface area contributed by atoms with E-state index in [0.717, 1.165) is 68.6 Å². The summed E-state index contributed by atoms with van der Waals surface area (Å²) in [5, 5.41) is 11.7. The number of carbonyl (C=O) groups is 1. The van der Waals surface area contributed by atoms with Crippen LogP contribution >= 0.6 is 0 Å². The monoisotopic (exact) mass is 513 g/mol. The lowest BCUT2D eigenvalue weighted by Gasteiger charge is -2.29. The lowest BCUT2D eigenvalue weighted by molar-refractivity contribution is 0.0594. The number of allylic oxidation sites excluding steroid dienone is 2. The number of methoxy groups -OCH3 is 1. The predicted octanol–water partition coefficient (Wildman–Crippen LogP) is 4.88. The Morgan fingerprint density at radius 3 is 2.11 bits per heavy atom. The maximum atomic E-state index is 12.1. The van der Waals surface area contributed by atoms with Gasteiger partial charge in [0.15, 0.2) is 0 Å². The molecule has 0 amide bonds. The molecule has 2 aliphatic heterocycles. The zero-order valence-corrected chi connectivity index (χ0v) is 24.3. The number of carbonyl (C=O) groups excluding carboxylic acids is 1. The summed E-state index contributed by atoms with van der Waals surface area (Å²) in [4.78, 5) is 28.7. The van der Waals surface area contributed by atoms with E-state index in [2.05, 4.69) is 69.7 Å². The number of nitriles is 1. The molecule has 0 aliphatic carbocycles. The number of hydrogen-bond donors (Lipinski definition) is 2. The number of ether oxygens (including phenoxy) is 1. The van der Waals surface area contributed by atoms with Gasteiger partial charge >= 0.3 is 5.97 Å². The van der Waals surface area contributed by atoms with E-state index in [-0.39, 0.29) is 16.8 Å².